The summed E-state index contributed by atoms with van der Waals surface area (Å²) in [7, 11) is 0. The van der Waals surface area contributed by atoms with Gasteiger partial charge in [0.2, 0.25) is 4.77 Å². The highest BCUT2D eigenvalue weighted by Gasteiger charge is 2.07. The van der Waals surface area contributed by atoms with Crippen molar-refractivity contribution >= 4 is 29.2 Å². The summed E-state index contributed by atoms with van der Waals surface area (Å²) in [5.74, 6) is 0.701. The summed E-state index contributed by atoms with van der Waals surface area (Å²) < 4.78 is 6.88. The highest BCUT2D eigenvalue weighted by atomic mass is 32.1. The van der Waals surface area contributed by atoms with Crippen LogP contribution in [0.25, 0.3) is 10.8 Å². The predicted molar refractivity (Wildman–Crippen MR) is 91.8 cm³/mol. The molecule has 1 heterocycles. The van der Waals surface area contributed by atoms with E-state index in [-0.39, 0.29) is 4.77 Å². The fraction of sp³-hybridized carbons (Fsp3) is 0.125. The number of rotatable bonds is 4. The van der Waals surface area contributed by atoms with Gasteiger partial charge in [-0.15, -0.1) is 0 Å². The molecule has 0 unspecified atom stereocenters. The molecule has 0 atom stereocenters. The summed E-state index contributed by atoms with van der Waals surface area (Å²) in [5, 5.41) is 12.4. The van der Waals surface area contributed by atoms with Crippen LogP contribution in [0.5, 0.6) is 5.75 Å². The number of ether oxygens (including phenoxy) is 1. The van der Waals surface area contributed by atoms with Gasteiger partial charge >= 0.3 is 0 Å². The van der Waals surface area contributed by atoms with Crippen LogP contribution in [0.3, 0.4) is 0 Å². The topological polar surface area (TPSA) is 72.3 Å². The van der Waals surface area contributed by atoms with Crippen molar-refractivity contribution in [2.24, 2.45) is 5.10 Å². The number of aromatic amines is 1. The van der Waals surface area contributed by atoms with Crippen molar-refractivity contribution in [3.63, 3.8) is 0 Å². The van der Waals surface area contributed by atoms with Crippen molar-refractivity contribution < 1.29 is 4.74 Å². The highest BCUT2D eigenvalue weighted by molar-refractivity contribution is 7.71. The molecule has 0 bridgehead atoms. The van der Waals surface area contributed by atoms with Crippen LogP contribution in [0, 0.1) is 4.77 Å². The van der Waals surface area contributed by atoms with Crippen LogP contribution >= 0.6 is 12.2 Å². The zero-order valence-corrected chi connectivity index (χ0v) is 13.2. The van der Waals surface area contributed by atoms with E-state index in [9.17, 15) is 4.79 Å². The van der Waals surface area contributed by atoms with Gasteiger partial charge in [0.05, 0.1) is 12.8 Å². The number of aromatic nitrogens is 3. The monoisotopic (exact) mass is 326 g/mol. The van der Waals surface area contributed by atoms with E-state index in [1.807, 2.05) is 43.3 Å². The molecule has 0 saturated heterocycles. The summed E-state index contributed by atoms with van der Waals surface area (Å²) in [6.07, 6.45) is 2.71. The van der Waals surface area contributed by atoms with Gasteiger partial charge in [-0.25, -0.2) is 0 Å². The van der Waals surface area contributed by atoms with Gasteiger partial charge in [0.1, 0.15) is 11.9 Å². The Morgan fingerprint density at radius 2 is 2.17 bits per heavy atom. The van der Waals surface area contributed by atoms with Crippen LogP contribution < -0.4 is 10.3 Å². The average Bonchev–Trinajstić information content (AvgIpc) is 2.56. The lowest BCUT2D eigenvalue weighted by Crippen LogP contribution is -2.18. The summed E-state index contributed by atoms with van der Waals surface area (Å²) in [5.41, 5.74) is 0.395. The second kappa shape index (κ2) is 6.53. The number of fused-ring (bicyclic) bond motifs is 1. The molecule has 0 spiro atoms. The Balaban J connectivity index is 2.18. The first-order chi connectivity index (χ1) is 11.2. The van der Waals surface area contributed by atoms with Gasteiger partial charge < -0.3 is 4.74 Å². The lowest BCUT2D eigenvalue weighted by Gasteiger charge is -2.10. The maximum atomic E-state index is 11.8. The van der Waals surface area contributed by atoms with Crippen LogP contribution in [0.1, 0.15) is 12.5 Å². The minimum Gasteiger partial charge on any atom is -0.493 e. The van der Waals surface area contributed by atoms with Crippen molar-refractivity contribution in [1.82, 2.24) is 14.9 Å². The van der Waals surface area contributed by atoms with Gasteiger partial charge in [-0.2, -0.15) is 14.9 Å². The molecule has 23 heavy (non-hydrogen) atoms. The summed E-state index contributed by atoms with van der Waals surface area (Å²) >= 11 is 5.03. The first-order valence-corrected chi connectivity index (χ1v) is 7.47. The molecule has 7 heteroatoms. The van der Waals surface area contributed by atoms with Crippen molar-refractivity contribution in [2.75, 3.05) is 6.61 Å². The van der Waals surface area contributed by atoms with E-state index in [2.05, 4.69) is 15.3 Å². The zero-order valence-electron chi connectivity index (χ0n) is 12.4. The number of hydrogen-bond donors (Lipinski definition) is 1. The van der Waals surface area contributed by atoms with Crippen LogP contribution in [-0.4, -0.2) is 27.7 Å². The van der Waals surface area contributed by atoms with Gasteiger partial charge in [0.15, 0.2) is 0 Å². The van der Waals surface area contributed by atoms with E-state index in [1.54, 1.807) is 6.21 Å². The average molecular weight is 326 g/mol. The molecular weight excluding hydrogens is 312 g/mol. The van der Waals surface area contributed by atoms with Gasteiger partial charge in [-0.3, -0.25) is 9.89 Å². The molecule has 0 aliphatic rings. The molecule has 1 N–H and O–H groups in total. The number of benzene rings is 2. The predicted octanol–water partition coefficient (Wildman–Crippen LogP) is 2.73. The SMILES string of the molecule is CCOc1ccc2ccccc2c1/C=N/n1c(=O)cn[nH]c1=S. The van der Waals surface area contributed by atoms with Crippen LogP contribution in [0.4, 0.5) is 0 Å². The third kappa shape index (κ3) is 3.04. The maximum absolute atomic E-state index is 11.8. The molecular formula is C16H14N4O2S. The Labute approximate surface area is 137 Å². The first kappa shape index (κ1) is 15.1. The number of nitrogens with one attached hydrogen (secondary N) is 1. The molecule has 116 valence electrons. The minimum atomic E-state index is -0.400. The van der Waals surface area contributed by atoms with E-state index in [0.29, 0.717) is 12.4 Å². The molecule has 0 aliphatic heterocycles. The maximum Gasteiger partial charge on any atom is 0.293 e. The molecule has 0 amide bonds. The molecule has 0 saturated carbocycles. The Morgan fingerprint density at radius 3 is 2.96 bits per heavy atom. The molecule has 0 aliphatic carbocycles. The largest absolute Gasteiger partial charge is 0.493 e. The van der Waals surface area contributed by atoms with Gasteiger partial charge in [-0.1, -0.05) is 30.3 Å². The fourth-order valence-corrected chi connectivity index (χ4v) is 2.45. The van der Waals surface area contributed by atoms with Crippen molar-refractivity contribution in [2.45, 2.75) is 6.92 Å². The highest BCUT2D eigenvalue weighted by Crippen LogP contribution is 2.26. The molecule has 0 fully saturated rings. The van der Waals surface area contributed by atoms with Gasteiger partial charge in [0, 0.05) is 5.56 Å². The van der Waals surface area contributed by atoms with E-state index in [1.165, 1.54) is 0 Å². The normalized spacial score (nSPS) is 11.2. The van der Waals surface area contributed by atoms with Crippen molar-refractivity contribution in [3.05, 3.63) is 63.3 Å². The van der Waals surface area contributed by atoms with Crippen LogP contribution in [0.15, 0.2) is 52.5 Å². The zero-order chi connectivity index (χ0) is 16.2. The summed E-state index contributed by atoms with van der Waals surface area (Å²) in [6.45, 7) is 2.45. The number of nitrogens with zero attached hydrogens (tertiary/aromatic N) is 3. The van der Waals surface area contributed by atoms with Gasteiger partial charge in [-0.05, 0) is 36.0 Å². The van der Waals surface area contributed by atoms with Crippen LogP contribution in [0.2, 0.25) is 0 Å². The second-order valence-electron chi connectivity index (χ2n) is 4.70. The summed E-state index contributed by atoms with van der Waals surface area (Å²) in [6, 6.07) is 11.8. The first-order valence-electron chi connectivity index (χ1n) is 7.06. The van der Waals surface area contributed by atoms with Crippen molar-refractivity contribution in [3.8, 4) is 5.75 Å². The molecule has 3 rings (SSSR count). The van der Waals surface area contributed by atoms with Gasteiger partial charge in [0.25, 0.3) is 5.56 Å². The quantitative estimate of drug-likeness (QED) is 0.591. The third-order valence-electron chi connectivity index (χ3n) is 3.27. The second-order valence-corrected chi connectivity index (χ2v) is 5.09. The minimum absolute atomic E-state index is 0.131. The number of hydrogen-bond acceptors (Lipinski definition) is 5. The molecule has 0 radical (unpaired) electrons. The standard InChI is InChI=1S/C16H14N4O2S/c1-2-22-14-8-7-11-5-3-4-6-12(11)13(14)9-18-20-15(21)10-17-19-16(20)23/h3-10H,2H2,1H3,(H,19,23)/b18-9+. The van der Waals surface area contributed by atoms with E-state index in [4.69, 9.17) is 17.0 Å². The lowest BCUT2D eigenvalue weighted by atomic mass is 10.0. The lowest BCUT2D eigenvalue weighted by molar-refractivity contribution is 0.340. The summed E-state index contributed by atoms with van der Waals surface area (Å²) in [4.78, 5) is 11.8. The van der Waals surface area contributed by atoms with Crippen molar-refractivity contribution in [1.29, 1.82) is 0 Å². The molecule has 1 aromatic heterocycles. The molecule has 3 aromatic rings. The fourth-order valence-electron chi connectivity index (χ4n) is 2.26. The Kier molecular flexibility index (Phi) is 4.29. The Morgan fingerprint density at radius 1 is 1.35 bits per heavy atom. The molecule has 6 nitrogen and oxygen atoms in total. The molecule has 2 aromatic carbocycles. The van der Waals surface area contributed by atoms with E-state index >= 15 is 0 Å². The Bertz CT molecular complexity index is 963. The Hall–Kier alpha value is -2.80. The van der Waals surface area contributed by atoms with E-state index in [0.717, 1.165) is 27.2 Å². The number of H-pyrrole nitrogens is 1. The van der Waals surface area contributed by atoms with Crippen LogP contribution in [-0.2, 0) is 0 Å². The van der Waals surface area contributed by atoms with E-state index < -0.39 is 5.56 Å². The third-order valence-corrected chi connectivity index (χ3v) is 3.53. The smallest absolute Gasteiger partial charge is 0.293 e.